The van der Waals surface area contributed by atoms with E-state index in [1.807, 2.05) is 12.1 Å². The van der Waals surface area contributed by atoms with Crippen molar-refractivity contribution in [2.45, 2.75) is 25.9 Å². The van der Waals surface area contributed by atoms with Gasteiger partial charge in [0.1, 0.15) is 5.75 Å². The van der Waals surface area contributed by atoms with Crippen LogP contribution < -0.4 is 4.74 Å². The average molecular weight is 227 g/mol. The lowest BCUT2D eigenvalue weighted by Gasteiger charge is -2.14. The zero-order valence-electron chi connectivity index (χ0n) is 8.74. The molecule has 1 saturated carbocycles. The second-order valence-corrected chi connectivity index (χ2v) is 4.50. The molecule has 0 radical (unpaired) electrons. The van der Waals surface area contributed by atoms with E-state index in [1.54, 1.807) is 13.0 Å². The van der Waals surface area contributed by atoms with Crippen molar-refractivity contribution in [1.82, 2.24) is 0 Å². The van der Waals surface area contributed by atoms with Crippen LogP contribution in [0.4, 0.5) is 0 Å². The summed E-state index contributed by atoms with van der Waals surface area (Å²) in [6.07, 6.45) is 1.95. The summed E-state index contributed by atoms with van der Waals surface area (Å²) in [5.41, 5.74) is 0.767. The predicted molar refractivity (Wildman–Crippen MR) is 60.3 cm³/mol. The summed E-state index contributed by atoms with van der Waals surface area (Å²) in [7, 11) is 0. The van der Waals surface area contributed by atoms with Crippen molar-refractivity contribution in [3.63, 3.8) is 0 Å². The number of rotatable bonds is 4. The van der Waals surface area contributed by atoms with E-state index < -0.39 is 6.10 Å². The molecule has 2 nitrogen and oxygen atoms in total. The Kier molecular flexibility index (Phi) is 3.17. The number of benzene rings is 1. The topological polar surface area (TPSA) is 29.5 Å². The Balaban J connectivity index is 2.16. The summed E-state index contributed by atoms with van der Waals surface area (Å²) in [6.45, 7) is 2.43. The second-order valence-electron chi connectivity index (χ2n) is 4.09. The molecule has 0 heterocycles. The van der Waals surface area contributed by atoms with E-state index in [9.17, 15) is 5.11 Å². The van der Waals surface area contributed by atoms with Gasteiger partial charge in [-0.3, -0.25) is 0 Å². The zero-order valence-corrected chi connectivity index (χ0v) is 9.50. The number of para-hydroxylation sites is 1. The third-order valence-corrected chi connectivity index (χ3v) is 2.91. The smallest absolute Gasteiger partial charge is 0.143 e. The first-order chi connectivity index (χ1) is 7.18. The molecule has 1 fully saturated rings. The SMILES string of the molecule is CC(O)c1cccc(Cl)c1OCC1CC1. The maximum Gasteiger partial charge on any atom is 0.143 e. The van der Waals surface area contributed by atoms with Crippen molar-refractivity contribution < 1.29 is 9.84 Å². The van der Waals surface area contributed by atoms with Gasteiger partial charge in [-0.15, -0.1) is 0 Å². The maximum absolute atomic E-state index is 9.57. The standard InChI is InChI=1S/C12H15ClO2/c1-8(14)10-3-2-4-11(13)12(10)15-7-9-5-6-9/h2-4,8-9,14H,5-7H2,1H3. The molecule has 3 heteroatoms. The summed E-state index contributed by atoms with van der Waals surface area (Å²) in [5.74, 6) is 1.32. The number of ether oxygens (including phenoxy) is 1. The molecule has 15 heavy (non-hydrogen) atoms. The number of halogens is 1. The molecular weight excluding hydrogens is 212 g/mol. The minimum Gasteiger partial charge on any atom is -0.491 e. The Morgan fingerprint density at radius 1 is 1.53 bits per heavy atom. The summed E-state index contributed by atoms with van der Waals surface area (Å²) in [5, 5.41) is 10.1. The zero-order chi connectivity index (χ0) is 10.8. The van der Waals surface area contributed by atoms with Crippen molar-refractivity contribution in [3.8, 4) is 5.75 Å². The molecule has 0 aromatic heterocycles. The Hall–Kier alpha value is -0.730. The van der Waals surface area contributed by atoms with Crippen LogP contribution in [0.3, 0.4) is 0 Å². The van der Waals surface area contributed by atoms with Gasteiger partial charge in [0, 0.05) is 5.56 Å². The van der Waals surface area contributed by atoms with Gasteiger partial charge in [-0.05, 0) is 31.7 Å². The fraction of sp³-hybridized carbons (Fsp3) is 0.500. The highest BCUT2D eigenvalue weighted by Crippen LogP contribution is 2.35. The maximum atomic E-state index is 9.57. The van der Waals surface area contributed by atoms with Crippen molar-refractivity contribution in [2.24, 2.45) is 5.92 Å². The lowest BCUT2D eigenvalue weighted by atomic mass is 10.1. The van der Waals surface area contributed by atoms with Crippen LogP contribution in [-0.2, 0) is 0 Å². The largest absolute Gasteiger partial charge is 0.491 e. The van der Waals surface area contributed by atoms with Gasteiger partial charge in [0.2, 0.25) is 0 Å². The minimum atomic E-state index is -0.544. The second kappa shape index (κ2) is 4.42. The quantitative estimate of drug-likeness (QED) is 0.855. The van der Waals surface area contributed by atoms with Crippen LogP contribution in [0.1, 0.15) is 31.4 Å². The summed E-state index contributed by atoms with van der Waals surface area (Å²) < 4.78 is 5.66. The van der Waals surface area contributed by atoms with E-state index in [-0.39, 0.29) is 0 Å². The van der Waals surface area contributed by atoms with E-state index in [1.165, 1.54) is 12.8 Å². The summed E-state index contributed by atoms with van der Waals surface area (Å²) >= 11 is 6.04. The molecule has 1 aliphatic rings. The third-order valence-electron chi connectivity index (χ3n) is 2.61. The van der Waals surface area contributed by atoms with Gasteiger partial charge in [-0.1, -0.05) is 23.7 Å². The molecule has 0 bridgehead atoms. The molecule has 0 amide bonds. The molecule has 1 N–H and O–H groups in total. The molecule has 2 rings (SSSR count). The first-order valence-corrected chi connectivity index (χ1v) is 5.65. The number of aliphatic hydroxyl groups excluding tert-OH is 1. The molecule has 0 saturated heterocycles. The lowest BCUT2D eigenvalue weighted by molar-refractivity contribution is 0.190. The van der Waals surface area contributed by atoms with Crippen LogP contribution in [0.5, 0.6) is 5.75 Å². The van der Waals surface area contributed by atoms with Gasteiger partial charge >= 0.3 is 0 Å². The van der Waals surface area contributed by atoms with Crippen molar-refractivity contribution in [2.75, 3.05) is 6.61 Å². The normalized spacial score (nSPS) is 17.5. The molecule has 0 aliphatic heterocycles. The first kappa shape index (κ1) is 10.8. The molecule has 1 aromatic rings. The lowest BCUT2D eigenvalue weighted by Crippen LogP contribution is -2.04. The minimum absolute atomic E-state index is 0.544. The van der Waals surface area contributed by atoms with Crippen LogP contribution >= 0.6 is 11.6 Å². The van der Waals surface area contributed by atoms with Crippen LogP contribution in [0.15, 0.2) is 18.2 Å². The van der Waals surface area contributed by atoms with Gasteiger partial charge < -0.3 is 9.84 Å². The molecule has 1 unspecified atom stereocenters. The molecule has 82 valence electrons. The van der Waals surface area contributed by atoms with Gasteiger partial charge in [0.25, 0.3) is 0 Å². The molecule has 1 aromatic carbocycles. The van der Waals surface area contributed by atoms with Gasteiger partial charge in [0.15, 0.2) is 0 Å². The number of aliphatic hydroxyl groups is 1. The van der Waals surface area contributed by atoms with Gasteiger partial charge in [-0.2, -0.15) is 0 Å². The van der Waals surface area contributed by atoms with Gasteiger partial charge in [-0.25, -0.2) is 0 Å². The predicted octanol–water partition coefficient (Wildman–Crippen LogP) is 3.18. The highest BCUT2D eigenvalue weighted by atomic mass is 35.5. The van der Waals surface area contributed by atoms with Crippen LogP contribution in [0.25, 0.3) is 0 Å². The average Bonchev–Trinajstić information content (AvgIpc) is 2.99. The number of hydrogen-bond donors (Lipinski definition) is 1. The summed E-state index contributed by atoms with van der Waals surface area (Å²) in [6, 6.07) is 5.46. The van der Waals surface area contributed by atoms with Crippen LogP contribution in [0, 0.1) is 5.92 Å². The Labute approximate surface area is 94.8 Å². The van der Waals surface area contributed by atoms with Gasteiger partial charge in [0.05, 0.1) is 17.7 Å². The monoisotopic (exact) mass is 226 g/mol. The third kappa shape index (κ3) is 2.64. The highest BCUT2D eigenvalue weighted by Gasteiger charge is 2.23. The Morgan fingerprint density at radius 3 is 2.87 bits per heavy atom. The molecule has 1 aliphatic carbocycles. The van der Waals surface area contributed by atoms with E-state index in [4.69, 9.17) is 16.3 Å². The molecule has 0 spiro atoms. The Morgan fingerprint density at radius 2 is 2.27 bits per heavy atom. The highest BCUT2D eigenvalue weighted by molar-refractivity contribution is 6.32. The molecular formula is C12H15ClO2. The van der Waals surface area contributed by atoms with E-state index in [0.717, 1.165) is 5.56 Å². The first-order valence-electron chi connectivity index (χ1n) is 5.27. The van der Waals surface area contributed by atoms with Crippen molar-refractivity contribution in [3.05, 3.63) is 28.8 Å². The van der Waals surface area contributed by atoms with E-state index in [2.05, 4.69) is 0 Å². The van der Waals surface area contributed by atoms with Crippen LogP contribution in [-0.4, -0.2) is 11.7 Å². The van der Waals surface area contributed by atoms with Crippen molar-refractivity contribution >= 4 is 11.6 Å². The molecule has 1 atom stereocenters. The number of hydrogen-bond acceptors (Lipinski definition) is 2. The fourth-order valence-electron chi connectivity index (χ4n) is 1.49. The fourth-order valence-corrected chi connectivity index (χ4v) is 1.73. The summed E-state index contributed by atoms with van der Waals surface area (Å²) in [4.78, 5) is 0. The van der Waals surface area contributed by atoms with Crippen molar-refractivity contribution in [1.29, 1.82) is 0 Å². The Bertz CT molecular complexity index is 345. The van der Waals surface area contributed by atoms with E-state index >= 15 is 0 Å². The van der Waals surface area contributed by atoms with Crippen LogP contribution in [0.2, 0.25) is 5.02 Å². The van der Waals surface area contributed by atoms with E-state index in [0.29, 0.717) is 23.3 Å².